The molecule has 1 fully saturated rings. The highest BCUT2D eigenvalue weighted by Gasteiger charge is 2.28. The molecule has 0 heterocycles. The number of benzene rings is 1. The molecular formula is C21H30FN5O. The zero-order valence-corrected chi connectivity index (χ0v) is 16.9. The number of amides is 1. The normalized spacial score (nSPS) is 19.8. The molecular weight excluding hydrogens is 357 g/mol. The quantitative estimate of drug-likeness (QED) is 0.517. The van der Waals surface area contributed by atoms with Gasteiger partial charge in [-0.2, -0.15) is 5.26 Å². The molecule has 0 bridgehead atoms. The minimum absolute atomic E-state index is 0.00694. The lowest BCUT2D eigenvalue weighted by atomic mass is 9.85. The van der Waals surface area contributed by atoms with Gasteiger partial charge in [-0.3, -0.25) is 4.79 Å². The molecule has 2 rings (SSSR count). The van der Waals surface area contributed by atoms with Crippen LogP contribution < -0.4 is 16.0 Å². The number of nitrogens with zero attached hydrogens (tertiary/aromatic N) is 2. The van der Waals surface area contributed by atoms with Crippen LogP contribution in [0, 0.1) is 23.1 Å². The molecule has 0 aliphatic heterocycles. The molecule has 2 atom stereocenters. The van der Waals surface area contributed by atoms with Gasteiger partial charge in [-0.15, -0.1) is 0 Å². The number of carbonyl (C=O) groups is 1. The van der Waals surface area contributed by atoms with E-state index in [1.165, 1.54) is 6.07 Å². The summed E-state index contributed by atoms with van der Waals surface area (Å²) in [7, 11) is 0. The standard InChI is InChI=1S/C21H30FN5O/c1-4-24-21(25-13-17-9-8-15(12-23)10-19(17)22)27-18-7-5-6-16(11-18)20(28)26-14(2)3/h8-10,14,16,18H,4-7,11,13H2,1-3H3,(H,26,28)(H2,24,25,27). The summed E-state index contributed by atoms with van der Waals surface area (Å²) in [5, 5.41) is 18.4. The summed E-state index contributed by atoms with van der Waals surface area (Å²) in [5.41, 5.74) is 0.734. The van der Waals surface area contributed by atoms with Gasteiger partial charge in [0.15, 0.2) is 5.96 Å². The zero-order valence-electron chi connectivity index (χ0n) is 16.9. The Labute approximate surface area is 166 Å². The second-order valence-corrected chi connectivity index (χ2v) is 7.48. The number of guanidine groups is 1. The van der Waals surface area contributed by atoms with Crippen molar-refractivity contribution >= 4 is 11.9 Å². The van der Waals surface area contributed by atoms with Gasteiger partial charge in [0.05, 0.1) is 18.2 Å². The molecule has 3 N–H and O–H groups in total. The van der Waals surface area contributed by atoms with E-state index in [1.807, 2.05) is 26.8 Å². The fourth-order valence-corrected chi connectivity index (χ4v) is 3.38. The molecule has 1 amide bonds. The summed E-state index contributed by atoms with van der Waals surface area (Å²) in [6.45, 7) is 6.77. The first-order chi connectivity index (χ1) is 13.4. The topological polar surface area (TPSA) is 89.3 Å². The molecule has 1 saturated carbocycles. The van der Waals surface area contributed by atoms with Gasteiger partial charge in [0.25, 0.3) is 0 Å². The van der Waals surface area contributed by atoms with Gasteiger partial charge in [0.2, 0.25) is 5.91 Å². The summed E-state index contributed by atoms with van der Waals surface area (Å²) < 4.78 is 14.1. The first kappa shape index (κ1) is 21.7. The molecule has 28 heavy (non-hydrogen) atoms. The van der Waals surface area contributed by atoms with E-state index in [4.69, 9.17) is 5.26 Å². The van der Waals surface area contributed by atoms with Crippen LogP contribution in [0.1, 0.15) is 57.6 Å². The second kappa shape index (κ2) is 10.6. The molecule has 2 unspecified atom stereocenters. The Morgan fingerprint density at radius 1 is 1.39 bits per heavy atom. The molecule has 1 aliphatic carbocycles. The molecule has 1 aliphatic rings. The minimum atomic E-state index is -0.429. The number of nitriles is 1. The van der Waals surface area contributed by atoms with Crippen molar-refractivity contribution in [3.8, 4) is 6.07 Å². The van der Waals surface area contributed by atoms with Crippen molar-refractivity contribution in [2.75, 3.05) is 6.54 Å². The van der Waals surface area contributed by atoms with E-state index in [0.717, 1.165) is 25.7 Å². The first-order valence-electron chi connectivity index (χ1n) is 9.96. The van der Waals surface area contributed by atoms with Crippen molar-refractivity contribution < 1.29 is 9.18 Å². The van der Waals surface area contributed by atoms with Gasteiger partial charge < -0.3 is 16.0 Å². The predicted molar refractivity (Wildman–Crippen MR) is 108 cm³/mol. The summed E-state index contributed by atoms with van der Waals surface area (Å²) in [4.78, 5) is 16.8. The van der Waals surface area contributed by atoms with E-state index >= 15 is 0 Å². The Bertz CT molecular complexity index is 741. The van der Waals surface area contributed by atoms with Crippen molar-refractivity contribution in [3.05, 3.63) is 35.1 Å². The van der Waals surface area contributed by atoms with Crippen molar-refractivity contribution in [1.82, 2.24) is 16.0 Å². The molecule has 152 valence electrons. The highest BCUT2D eigenvalue weighted by molar-refractivity contribution is 5.81. The molecule has 7 heteroatoms. The van der Waals surface area contributed by atoms with Crippen molar-refractivity contribution in [1.29, 1.82) is 5.26 Å². The predicted octanol–water partition coefficient (Wildman–Crippen LogP) is 2.84. The molecule has 0 saturated heterocycles. The third kappa shape index (κ3) is 6.52. The zero-order chi connectivity index (χ0) is 20.5. The number of hydrogen-bond acceptors (Lipinski definition) is 3. The summed E-state index contributed by atoms with van der Waals surface area (Å²) in [5.74, 6) is 0.304. The molecule has 6 nitrogen and oxygen atoms in total. The largest absolute Gasteiger partial charge is 0.357 e. The van der Waals surface area contributed by atoms with Gasteiger partial charge >= 0.3 is 0 Å². The molecule has 0 aromatic heterocycles. The van der Waals surface area contributed by atoms with Crippen LogP contribution in [0.3, 0.4) is 0 Å². The van der Waals surface area contributed by atoms with E-state index in [-0.39, 0.29) is 30.5 Å². The van der Waals surface area contributed by atoms with Crippen LogP contribution in [0.2, 0.25) is 0 Å². The summed E-state index contributed by atoms with van der Waals surface area (Å²) in [6.07, 6.45) is 3.62. The van der Waals surface area contributed by atoms with E-state index < -0.39 is 5.82 Å². The van der Waals surface area contributed by atoms with E-state index in [0.29, 0.717) is 23.6 Å². The minimum Gasteiger partial charge on any atom is -0.357 e. The molecule has 1 aromatic rings. The summed E-state index contributed by atoms with van der Waals surface area (Å²) >= 11 is 0. The lowest BCUT2D eigenvalue weighted by Crippen LogP contribution is -2.47. The molecule has 0 spiro atoms. The number of nitrogens with one attached hydrogen (secondary N) is 3. The lowest BCUT2D eigenvalue weighted by Gasteiger charge is -2.30. The van der Waals surface area contributed by atoms with Gasteiger partial charge in [0.1, 0.15) is 5.82 Å². The Morgan fingerprint density at radius 2 is 2.18 bits per heavy atom. The van der Waals surface area contributed by atoms with Crippen LogP contribution in [0.4, 0.5) is 4.39 Å². The maximum Gasteiger partial charge on any atom is 0.223 e. The maximum absolute atomic E-state index is 14.1. The van der Waals surface area contributed by atoms with E-state index in [1.54, 1.807) is 12.1 Å². The fourth-order valence-electron chi connectivity index (χ4n) is 3.38. The van der Waals surface area contributed by atoms with Crippen molar-refractivity contribution in [2.45, 2.75) is 65.1 Å². The molecule has 1 aromatic carbocycles. The second-order valence-electron chi connectivity index (χ2n) is 7.48. The SMILES string of the molecule is CCNC(=NCc1ccc(C#N)cc1F)NC1CCCC(C(=O)NC(C)C)C1. The smallest absolute Gasteiger partial charge is 0.223 e. The number of hydrogen-bond donors (Lipinski definition) is 3. The Hall–Kier alpha value is -2.62. The van der Waals surface area contributed by atoms with Crippen molar-refractivity contribution in [3.63, 3.8) is 0 Å². The Morgan fingerprint density at radius 3 is 2.82 bits per heavy atom. The van der Waals surface area contributed by atoms with Crippen LogP contribution in [-0.4, -0.2) is 30.5 Å². The van der Waals surface area contributed by atoms with Crippen molar-refractivity contribution in [2.24, 2.45) is 10.9 Å². The first-order valence-corrected chi connectivity index (χ1v) is 9.96. The van der Waals surface area contributed by atoms with E-state index in [2.05, 4.69) is 20.9 Å². The van der Waals surface area contributed by atoms with Crippen LogP contribution >= 0.6 is 0 Å². The fraction of sp³-hybridized carbons (Fsp3) is 0.571. The highest BCUT2D eigenvalue weighted by Crippen LogP contribution is 2.24. The number of rotatable bonds is 6. The van der Waals surface area contributed by atoms with E-state index in [9.17, 15) is 9.18 Å². The molecule has 0 radical (unpaired) electrons. The Balaban J connectivity index is 2.00. The Kier molecular flexibility index (Phi) is 8.24. The highest BCUT2D eigenvalue weighted by atomic mass is 19.1. The summed E-state index contributed by atoms with van der Waals surface area (Å²) in [6, 6.07) is 6.63. The number of halogens is 1. The van der Waals surface area contributed by atoms with Gasteiger partial charge in [-0.05, 0) is 52.2 Å². The van der Waals surface area contributed by atoms with Crippen LogP contribution in [-0.2, 0) is 11.3 Å². The number of carbonyl (C=O) groups excluding carboxylic acids is 1. The third-order valence-electron chi connectivity index (χ3n) is 4.75. The average Bonchev–Trinajstić information content (AvgIpc) is 2.66. The van der Waals surface area contributed by atoms with Crippen LogP contribution in [0.5, 0.6) is 0 Å². The average molecular weight is 388 g/mol. The maximum atomic E-state index is 14.1. The van der Waals surface area contributed by atoms with Crippen LogP contribution in [0.15, 0.2) is 23.2 Å². The van der Waals surface area contributed by atoms with Gasteiger partial charge in [-0.25, -0.2) is 9.38 Å². The lowest BCUT2D eigenvalue weighted by molar-refractivity contribution is -0.126. The monoisotopic (exact) mass is 387 g/mol. The van der Waals surface area contributed by atoms with Gasteiger partial charge in [-0.1, -0.05) is 12.5 Å². The number of aliphatic imine (C=N–C) groups is 1. The third-order valence-corrected chi connectivity index (χ3v) is 4.75. The van der Waals surface area contributed by atoms with Gasteiger partial charge in [0, 0.05) is 30.1 Å². The van der Waals surface area contributed by atoms with Crippen LogP contribution in [0.25, 0.3) is 0 Å².